The number of hydrogen-bond donors (Lipinski definition) is 2. The van der Waals surface area contributed by atoms with Crippen LogP contribution in [0.1, 0.15) is 0 Å². The minimum Gasteiger partial charge on any atom is -0.507 e. The molecule has 7 heteroatoms. The van der Waals surface area contributed by atoms with Gasteiger partial charge in [0.1, 0.15) is 17.1 Å². The maximum atomic E-state index is 9.72. The zero-order valence-electron chi connectivity index (χ0n) is 9.98. The zero-order chi connectivity index (χ0) is 13.4. The predicted octanol–water partition coefficient (Wildman–Crippen LogP) is 1.55. The molecule has 19 heavy (non-hydrogen) atoms. The van der Waals surface area contributed by atoms with Gasteiger partial charge < -0.3 is 14.7 Å². The topological polar surface area (TPSA) is 97.2 Å². The molecule has 0 saturated heterocycles. The van der Waals surface area contributed by atoms with E-state index < -0.39 is 0 Å². The maximum Gasteiger partial charge on any atom is 0.265 e. The number of rotatable bonds is 2. The molecule has 0 spiro atoms. The Morgan fingerprint density at radius 2 is 1.95 bits per heavy atom. The fourth-order valence-electron chi connectivity index (χ4n) is 1.73. The molecule has 0 atom stereocenters. The second-order valence-electron chi connectivity index (χ2n) is 4.00. The second kappa shape index (κ2) is 4.13. The van der Waals surface area contributed by atoms with Crippen molar-refractivity contribution in [2.75, 3.05) is 0 Å². The Morgan fingerprint density at radius 1 is 1.21 bits per heavy atom. The highest BCUT2D eigenvalue weighted by Crippen LogP contribution is 2.36. The van der Waals surface area contributed by atoms with Gasteiger partial charge in [-0.25, -0.2) is 0 Å². The second-order valence-corrected chi connectivity index (χ2v) is 4.00. The van der Waals surface area contributed by atoms with Crippen LogP contribution >= 0.6 is 0 Å². The van der Waals surface area contributed by atoms with Crippen molar-refractivity contribution in [1.29, 1.82) is 0 Å². The quantitative estimate of drug-likeness (QED) is 0.723. The van der Waals surface area contributed by atoms with E-state index >= 15 is 0 Å². The first-order chi connectivity index (χ1) is 9.15. The van der Waals surface area contributed by atoms with Gasteiger partial charge in [0.25, 0.3) is 5.89 Å². The van der Waals surface area contributed by atoms with E-state index in [0.29, 0.717) is 11.4 Å². The molecule has 7 nitrogen and oxygen atoms in total. The normalized spacial score (nSPS) is 10.8. The summed E-state index contributed by atoms with van der Waals surface area (Å²) in [7, 11) is 1.78. The summed E-state index contributed by atoms with van der Waals surface area (Å²) in [6, 6.07) is 4.39. The summed E-state index contributed by atoms with van der Waals surface area (Å²) in [6.07, 6.45) is 3.33. The molecule has 3 rings (SSSR count). The summed E-state index contributed by atoms with van der Waals surface area (Å²) in [5, 5.41) is 27.3. The van der Waals surface area contributed by atoms with E-state index in [0.717, 1.165) is 0 Å². The minimum atomic E-state index is -0.124. The predicted molar refractivity (Wildman–Crippen MR) is 65.3 cm³/mol. The number of phenolic OH excluding ortho intramolecular Hbond substituents is 2. The van der Waals surface area contributed by atoms with E-state index in [2.05, 4.69) is 15.2 Å². The number of nitrogens with zero attached hydrogens (tertiary/aromatic N) is 4. The van der Waals surface area contributed by atoms with Crippen LogP contribution < -0.4 is 0 Å². The monoisotopic (exact) mass is 258 g/mol. The van der Waals surface area contributed by atoms with Gasteiger partial charge in [-0.15, -0.1) is 0 Å². The van der Waals surface area contributed by atoms with E-state index in [1.54, 1.807) is 24.1 Å². The van der Waals surface area contributed by atoms with Crippen LogP contribution in [0.15, 0.2) is 35.1 Å². The highest BCUT2D eigenvalue weighted by molar-refractivity contribution is 5.70. The fraction of sp³-hybridized carbons (Fsp3) is 0.0833. The van der Waals surface area contributed by atoms with Crippen LogP contribution in [0.3, 0.4) is 0 Å². The van der Waals surface area contributed by atoms with Crippen molar-refractivity contribution in [3.63, 3.8) is 0 Å². The van der Waals surface area contributed by atoms with Crippen molar-refractivity contribution in [3.8, 4) is 34.3 Å². The molecule has 0 amide bonds. The van der Waals surface area contributed by atoms with Crippen molar-refractivity contribution in [3.05, 3.63) is 30.6 Å². The van der Waals surface area contributed by atoms with Gasteiger partial charge in [-0.05, 0) is 12.1 Å². The lowest BCUT2D eigenvalue weighted by Gasteiger charge is -2.00. The Bertz CT molecular complexity index is 712. The highest BCUT2D eigenvalue weighted by atomic mass is 16.5. The smallest absolute Gasteiger partial charge is 0.265 e. The Morgan fingerprint density at radius 3 is 2.58 bits per heavy atom. The summed E-state index contributed by atoms with van der Waals surface area (Å²) < 4.78 is 6.67. The van der Waals surface area contributed by atoms with Crippen LogP contribution in [0.2, 0.25) is 0 Å². The van der Waals surface area contributed by atoms with E-state index in [4.69, 9.17) is 4.52 Å². The van der Waals surface area contributed by atoms with E-state index in [-0.39, 0.29) is 23.0 Å². The highest BCUT2D eigenvalue weighted by Gasteiger charge is 2.18. The van der Waals surface area contributed by atoms with Gasteiger partial charge in [-0.3, -0.25) is 4.68 Å². The van der Waals surface area contributed by atoms with Crippen molar-refractivity contribution in [2.45, 2.75) is 0 Å². The minimum absolute atomic E-state index is 0.0504. The molecule has 0 fully saturated rings. The molecule has 1 aromatic carbocycles. The first kappa shape index (κ1) is 11.3. The van der Waals surface area contributed by atoms with Crippen LogP contribution in [0.5, 0.6) is 11.5 Å². The molecule has 2 heterocycles. The average molecular weight is 258 g/mol. The van der Waals surface area contributed by atoms with Crippen LogP contribution in [-0.4, -0.2) is 30.1 Å². The summed E-state index contributed by atoms with van der Waals surface area (Å²) in [6.45, 7) is 0. The molecule has 0 aliphatic carbocycles. The first-order valence-electron chi connectivity index (χ1n) is 5.49. The molecular formula is C12H10N4O3. The van der Waals surface area contributed by atoms with Gasteiger partial charge in [0.2, 0.25) is 5.82 Å². The van der Waals surface area contributed by atoms with Crippen molar-refractivity contribution in [2.24, 2.45) is 7.05 Å². The molecule has 0 saturated carbocycles. The Kier molecular flexibility index (Phi) is 2.45. The lowest BCUT2D eigenvalue weighted by atomic mass is 10.2. The summed E-state index contributed by atoms with van der Waals surface area (Å²) in [4.78, 5) is 4.13. The number of benzene rings is 1. The molecule has 0 aliphatic heterocycles. The largest absolute Gasteiger partial charge is 0.507 e. The average Bonchev–Trinajstić information content (AvgIpc) is 2.98. The molecule has 3 aromatic rings. The number of hydrogen-bond acceptors (Lipinski definition) is 6. The van der Waals surface area contributed by atoms with Crippen LogP contribution in [0, 0.1) is 0 Å². The Balaban J connectivity index is 2.06. The van der Waals surface area contributed by atoms with Gasteiger partial charge in [-0.2, -0.15) is 10.1 Å². The number of aryl methyl sites for hydroxylation is 1. The van der Waals surface area contributed by atoms with Crippen LogP contribution in [-0.2, 0) is 7.05 Å². The lowest BCUT2D eigenvalue weighted by Crippen LogP contribution is -1.84. The molecular weight excluding hydrogens is 248 g/mol. The summed E-state index contributed by atoms with van der Waals surface area (Å²) >= 11 is 0. The van der Waals surface area contributed by atoms with Crippen LogP contribution in [0.25, 0.3) is 22.8 Å². The molecule has 2 aromatic heterocycles. The van der Waals surface area contributed by atoms with Gasteiger partial charge >= 0.3 is 0 Å². The summed E-state index contributed by atoms with van der Waals surface area (Å²) in [5.74, 6) is 0.142. The Hall–Kier alpha value is -2.83. The third-order valence-electron chi connectivity index (χ3n) is 2.62. The van der Waals surface area contributed by atoms with E-state index in [1.165, 1.54) is 18.2 Å². The van der Waals surface area contributed by atoms with E-state index in [1.807, 2.05) is 0 Å². The third kappa shape index (κ3) is 1.90. The van der Waals surface area contributed by atoms with Crippen molar-refractivity contribution in [1.82, 2.24) is 19.9 Å². The molecule has 0 unspecified atom stereocenters. The molecule has 2 N–H and O–H groups in total. The Labute approximate surface area is 107 Å². The number of aromatic nitrogens is 4. The zero-order valence-corrected chi connectivity index (χ0v) is 9.98. The number of aromatic hydroxyl groups is 2. The van der Waals surface area contributed by atoms with Crippen molar-refractivity contribution < 1.29 is 14.7 Å². The van der Waals surface area contributed by atoms with Crippen LogP contribution in [0.4, 0.5) is 0 Å². The lowest BCUT2D eigenvalue weighted by molar-refractivity contribution is 0.416. The third-order valence-corrected chi connectivity index (χ3v) is 2.62. The van der Waals surface area contributed by atoms with Gasteiger partial charge in [0, 0.05) is 13.2 Å². The molecule has 0 aliphatic rings. The van der Waals surface area contributed by atoms with Crippen molar-refractivity contribution >= 4 is 0 Å². The maximum absolute atomic E-state index is 9.72. The fourth-order valence-corrected chi connectivity index (χ4v) is 1.73. The molecule has 0 radical (unpaired) electrons. The first-order valence-corrected chi connectivity index (χ1v) is 5.49. The van der Waals surface area contributed by atoms with Gasteiger partial charge in [-0.1, -0.05) is 11.2 Å². The number of phenols is 2. The standard InChI is InChI=1S/C12H10N4O3/c1-16-6-7(5-13-16)11-14-12(19-15-11)10-8(17)3-2-4-9(10)18/h2-6,17-18H,1H3. The SMILES string of the molecule is Cn1cc(-c2noc(-c3c(O)cccc3O)n2)cn1. The van der Waals surface area contributed by atoms with Gasteiger partial charge in [0.05, 0.1) is 11.8 Å². The van der Waals surface area contributed by atoms with Gasteiger partial charge in [0.15, 0.2) is 0 Å². The van der Waals surface area contributed by atoms with E-state index in [9.17, 15) is 10.2 Å². The summed E-state index contributed by atoms with van der Waals surface area (Å²) in [5.41, 5.74) is 0.803. The molecule has 96 valence electrons. The molecule has 0 bridgehead atoms.